The van der Waals surface area contributed by atoms with Crippen molar-refractivity contribution in [1.29, 1.82) is 0 Å². The monoisotopic (exact) mass is 1450 g/mol. The Hall–Kier alpha value is -3.66. The first-order valence-corrected chi connectivity index (χ1v) is 32.6. The van der Waals surface area contributed by atoms with Crippen LogP contribution < -0.4 is 18.9 Å². The summed E-state index contributed by atoms with van der Waals surface area (Å²) >= 11 is 0. The van der Waals surface area contributed by atoms with E-state index in [4.69, 9.17) is 125 Å². The van der Waals surface area contributed by atoms with E-state index in [1.54, 1.807) is 34.6 Å². The molecule has 0 fully saturated rings. The third-order valence-corrected chi connectivity index (χ3v) is 9.41. The summed E-state index contributed by atoms with van der Waals surface area (Å²) < 4.78 is 116. The quantitative estimate of drug-likeness (QED) is 0.0114. The summed E-state index contributed by atoms with van der Waals surface area (Å²) in [5.74, 6) is -2.18. The Morgan fingerprint density at radius 2 is 0.495 bits per heavy atom. The van der Waals surface area contributed by atoms with Crippen molar-refractivity contribution >= 4 is 29.8 Å². The van der Waals surface area contributed by atoms with E-state index < -0.39 is 5.97 Å². The summed E-state index contributed by atoms with van der Waals surface area (Å²) in [7, 11) is 0. The molecular formula is C62H128LiN3O33. The fraction of sp³-hybridized carbons (Fsp3) is 0.919. The molecule has 0 rings (SSSR count). The van der Waals surface area contributed by atoms with Crippen LogP contribution in [0.1, 0.15) is 75.2 Å². The molecule has 0 amide bonds. The maximum atomic E-state index is 10.9. The Bertz CT molecular complexity index is 1530. The van der Waals surface area contributed by atoms with E-state index in [1.807, 2.05) is 0 Å². The van der Waals surface area contributed by atoms with E-state index in [0.717, 1.165) is 26.1 Å². The fourth-order valence-electron chi connectivity index (χ4n) is 5.31. The van der Waals surface area contributed by atoms with Crippen LogP contribution in [-0.2, 0) is 133 Å². The van der Waals surface area contributed by atoms with Crippen molar-refractivity contribution in [1.82, 2.24) is 0 Å². The van der Waals surface area contributed by atoms with E-state index in [-0.39, 0.29) is 108 Å². The number of carboxylic acid groups (broad SMARTS) is 1. The molecule has 0 bridgehead atoms. The number of carbonyl (C=O) groups excluding carboxylic acids is 4. The molecule has 0 saturated heterocycles. The SMILES string of the molecule is C.CCCOCCOCCOCCOCC(=O)O.CCCOCCOCCOCCOCC(=O)OCC.CCOC(=O)CC.CCOC(=O)COCCOCCOCCOCCN=[N+]=[N-].CCOC(=O)COCCOCCOCCOCCO.OCCOCCOCCOCCO.[Li+].[OH-]. The van der Waals surface area contributed by atoms with Gasteiger partial charge in [-0.05, 0) is 46.1 Å². The van der Waals surface area contributed by atoms with Crippen LogP contribution in [0.3, 0.4) is 0 Å². The standard InChI is InChI=1S/C13H26O6.C12H23N3O6.C12H24O7.C11H22O6.C8H18O5.C5H10O2.CH4.Li.H2O/c1-3-5-15-6-7-16-8-9-17-10-11-18-12-13(14)19-4-2;1-2-21-12(16)11-20-10-9-19-8-7-18-6-5-17-4-3-14-15-13;1-2-19-12(14)11-18-10-9-17-8-7-16-6-5-15-4-3-13;1-2-3-14-4-5-15-6-7-16-8-9-17-10-11(12)13;9-1-3-11-5-7-13-8-6-12-4-2-10;1-3-5(6)7-4-2;;;/h3-12H2,1-2H3;2-11H2,1H3;13H,2-11H2,1H3;2-10H2,1H3,(H,12,13);9-10H,1-8H2;3-4H2,1-2H3;1H4;;1H2/q;;;;;;;+1;/p-1. The molecule has 0 heterocycles. The van der Waals surface area contributed by atoms with E-state index in [0.29, 0.717) is 244 Å². The summed E-state index contributed by atoms with van der Waals surface area (Å²) in [5.41, 5.74) is 8.03. The minimum Gasteiger partial charge on any atom is -0.870 e. The van der Waals surface area contributed by atoms with Crippen LogP contribution in [0, 0.1) is 0 Å². The molecule has 0 aliphatic carbocycles. The van der Waals surface area contributed by atoms with E-state index in [9.17, 15) is 24.0 Å². The summed E-state index contributed by atoms with van der Waals surface area (Å²) in [5, 5.41) is 36.8. The van der Waals surface area contributed by atoms with Gasteiger partial charge in [-0.1, -0.05) is 33.3 Å². The van der Waals surface area contributed by atoms with Gasteiger partial charge >= 0.3 is 48.7 Å². The first-order chi connectivity index (χ1) is 46.9. The van der Waals surface area contributed by atoms with Crippen molar-refractivity contribution < 1.29 is 178 Å². The predicted molar refractivity (Wildman–Crippen MR) is 355 cm³/mol. The first-order valence-electron chi connectivity index (χ1n) is 32.6. The van der Waals surface area contributed by atoms with Crippen molar-refractivity contribution in [2.24, 2.45) is 5.11 Å². The third kappa shape index (κ3) is 131. The van der Waals surface area contributed by atoms with Gasteiger partial charge in [0, 0.05) is 31.1 Å². The molecule has 0 aromatic rings. The number of carbonyl (C=O) groups is 5. The van der Waals surface area contributed by atoms with Gasteiger partial charge in [0.15, 0.2) is 0 Å². The van der Waals surface area contributed by atoms with Crippen LogP contribution >= 0.6 is 0 Å². The second-order valence-corrected chi connectivity index (χ2v) is 17.5. The number of rotatable bonds is 68. The molecule has 0 aliphatic rings. The number of nitrogens with zero attached hydrogens (tertiary/aromatic N) is 3. The van der Waals surface area contributed by atoms with Gasteiger partial charge in [-0.25, -0.2) is 19.2 Å². The van der Waals surface area contributed by atoms with Crippen molar-refractivity contribution in [2.75, 3.05) is 304 Å². The van der Waals surface area contributed by atoms with E-state index in [1.165, 1.54) is 0 Å². The van der Waals surface area contributed by atoms with Gasteiger partial charge in [0.05, 0.1) is 258 Å². The maximum Gasteiger partial charge on any atom is 1.00 e. The molecule has 0 aromatic heterocycles. The zero-order chi connectivity index (χ0) is 72.2. The Morgan fingerprint density at radius 3 is 0.677 bits per heavy atom. The van der Waals surface area contributed by atoms with Gasteiger partial charge in [-0.2, -0.15) is 0 Å². The van der Waals surface area contributed by atoms with Crippen molar-refractivity contribution in [3.63, 3.8) is 0 Å². The number of esters is 4. The van der Waals surface area contributed by atoms with Gasteiger partial charge in [-0.3, -0.25) is 4.79 Å². The minimum absolute atomic E-state index is 0. The Balaban J connectivity index is -0.000000142. The van der Waals surface area contributed by atoms with Crippen LogP contribution in [0.25, 0.3) is 10.4 Å². The molecule has 0 atom stereocenters. The van der Waals surface area contributed by atoms with E-state index >= 15 is 0 Å². The molecular weight excluding hydrogens is 1320 g/mol. The van der Waals surface area contributed by atoms with Crippen LogP contribution in [-0.4, -0.2) is 360 Å². The van der Waals surface area contributed by atoms with Crippen molar-refractivity contribution in [3.8, 4) is 0 Å². The normalized spacial score (nSPS) is 10.0. The van der Waals surface area contributed by atoms with Crippen molar-refractivity contribution in [3.05, 3.63) is 10.4 Å². The zero-order valence-corrected chi connectivity index (χ0v) is 60.2. The van der Waals surface area contributed by atoms with Crippen LogP contribution in [0.4, 0.5) is 0 Å². The number of carboxylic acids is 1. The third-order valence-electron chi connectivity index (χ3n) is 9.41. The van der Waals surface area contributed by atoms with Crippen molar-refractivity contribution in [2.45, 2.75) is 75.2 Å². The van der Waals surface area contributed by atoms with Gasteiger partial charge in [0.25, 0.3) is 0 Å². The Kier molecular flexibility index (Phi) is 130. The largest absolute Gasteiger partial charge is 1.00 e. The molecule has 36 nitrogen and oxygen atoms in total. The maximum absolute atomic E-state index is 10.9. The van der Waals surface area contributed by atoms with Gasteiger partial charge < -0.3 is 135 Å². The Labute approximate surface area is 600 Å². The summed E-state index contributed by atoms with van der Waals surface area (Å²) in [4.78, 5) is 55.6. The molecule has 590 valence electrons. The van der Waals surface area contributed by atoms with Crippen LogP contribution in [0.5, 0.6) is 0 Å². The number of azide groups is 1. The number of hydrogen-bond donors (Lipinski definition) is 4. The topological polar surface area (TPSA) is 457 Å². The number of ether oxygens (including phenoxy) is 23. The first kappa shape index (κ1) is 114. The average Bonchev–Trinajstić information content (AvgIpc) is 3.78. The number of aliphatic carboxylic acids is 1. The summed E-state index contributed by atoms with van der Waals surface area (Å²) in [6.45, 7) is 30.5. The van der Waals surface area contributed by atoms with Gasteiger partial charge in [0.2, 0.25) is 0 Å². The molecule has 0 radical (unpaired) electrons. The average molecular weight is 1450 g/mol. The van der Waals surface area contributed by atoms with E-state index in [2.05, 4.69) is 33.3 Å². The summed E-state index contributed by atoms with van der Waals surface area (Å²) in [6, 6.07) is 0. The van der Waals surface area contributed by atoms with Gasteiger partial charge in [-0.15, -0.1) is 0 Å². The number of hydrogen-bond acceptors (Lipinski definition) is 33. The number of aliphatic hydroxyl groups is 3. The van der Waals surface area contributed by atoms with Gasteiger partial charge in [0.1, 0.15) is 26.4 Å². The zero-order valence-electron chi connectivity index (χ0n) is 60.2. The molecule has 0 aliphatic heterocycles. The molecule has 5 N–H and O–H groups in total. The molecule has 37 heteroatoms. The minimum atomic E-state index is -0.972. The second-order valence-electron chi connectivity index (χ2n) is 17.5. The smallest absolute Gasteiger partial charge is 0.870 e. The fourth-order valence-corrected chi connectivity index (χ4v) is 5.31. The molecule has 0 unspecified atom stereocenters. The molecule has 0 saturated carbocycles. The molecule has 0 aromatic carbocycles. The Morgan fingerprint density at radius 1 is 0.303 bits per heavy atom. The molecule has 99 heavy (non-hydrogen) atoms. The number of aliphatic hydroxyl groups excluding tert-OH is 3. The molecule has 0 spiro atoms. The predicted octanol–water partition coefficient (Wildman–Crippen LogP) is -0.449. The second kappa shape index (κ2) is 113. The van der Waals surface area contributed by atoms with Crippen LogP contribution in [0.15, 0.2) is 5.11 Å². The van der Waals surface area contributed by atoms with Crippen LogP contribution in [0.2, 0.25) is 0 Å². The summed E-state index contributed by atoms with van der Waals surface area (Å²) in [6.07, 6.45) is 2.52.